The third-order valence-electron chi connectivity index (χ3n) is 3.10. The van der Waals surface area contributed by atoms with Crippen LogP contribution in [0.2, 0.25) is 0 Å². The second-order valence-corrected chi connectivity index (χ2v) is 4.30. The van der Waals surface area contributed by atoms with Gasteiger partial charge >= 0.3 is 0 Å². The van der Waals surface area contributed by atoms with Crippen LogP contribution in [-0.4, -0.2) is 11.8 Å². The van der Waals surface area contributed by atoms with Gasteiger partial charge in [0.2, 0.25) is 0 Å². The van der Waals surface area contributed by atoms with Gasteiger partial charge < -0.3 is 5.73 Å². The van der Waals surface area contributed by atoms with E-state index < -0.39 is 0 Å². The van der Waals surface area contributed by atoms with E-state index in [4.69, 9.17) is 5.73 Å². The molecule has 2 rings (SSSR count). The average molecular weight is 167 g/mol. The molecule has 0 bridgehead atoms. The Kier molecular flexibility index (Phi) is 2.18. The van der Waals surface area contributed by atoms with Crippen molar-refractivity contribution in [3.8, 4) is 0 Å². The number of carbonyl (C=O) groups excluding carboxylic acids is 1. The summed E-state index contributed by atoms with van der Waals surface area (Å²) in [5, 5.41) is 0. The van der Waals surface area contributed by atoms with Crippen LogP contribution in [0, 0.1) is 11.8 Å². The number of nitrogens with two attached hydrogens (primary N) is 1. The highest BCUT2D eigenvalue weighted by atomic mass is 16.1. The van der Waals surface area contributed by atoms with Gasteiger partial charge in [0.1, 0.15) is 5.78 Å². The van der Waals surface area contributed by atoms with Gasteiger partial charge in [-0.15, -0.1) is 0 Å². The van der Waals surface area contributed by atoms with E-state index in [1.807, 2.05) is 0 Å². The van der Waals surface area contributed by atoms with Gasteiger partial charge in [-0.1, -0.05) is 6.42 Å². The maximum absolute atomic E-state index is 11.7. The number of hydrogen-bond acceptors (Lipinski definition) is 2. The first-order chi connectivity index (χ1) is 5.77. The molecule has 0 spiro atoms. The van der Waals surface area contributed by atoms with Crippen LogP contribution in [-0.2, 0) is 4.79 Å². The van der Waals surface area contributed by atoms with E-state index in [1.165, 1.54) is 0 Å². The molecule has 2 atom stereocenters. The lowest BCUT2D eigenvalue weighted by Crippen LogP contribution is -2.32. The number of carbonyl (C=O) groups is 1. The van der Waals surface area contributed by atoms with Crippen molar-refractivity contribution in [2.24, 2.45) is 17.6 Å². The minimum absolute atomic E-state index is 0.298. The van der Waals surface area contributed by atoms with Gasteiger partial charge in [0, 0.05) is 17.9 Å². The van der Waals surface area contributed by atoms with E-state index in [9.17, 15) is 4.79 Å². The summed E-state index contributed by atoms with van der Waals surface area (Å²) < 4.78 is 0. The minimum Gasteiger partial charge on any atom is -0.328 e. The molecular formula is C10H17NO. The van der Waals surface area contributed by atoms with Gasteiger partial charge in [0.05, 0.1) is 0 Å². The molecule has 0 aromatic heterocycles. The Morgan fingerprint density at radius 2 is 1.83 bits per heavy atom. The molecule has 0 aliphatic heterocycles. The standard InChI is InChI=1S/C10H17NO/c11-9-3-1-2-8(6-9)10(12)7-4-5-7/h7-9H,1-6,11H2. The summed E-state index contributed by atoms with van der Waals surface area (Å²) in [4.78, 5) is 11.7. The lowest BCUT2D eigenvalue weighted by atomic mass is 9.82. The van der Waals surface area contributed by atoms with Crippen LogP contribution < -0.4 is 5.73 Å². The first-order valence-corrected chi connectivity index (χ1v) is 5.06. The zero-order valence-corrected chi connectivity index (χ0v) is 7.46. The molecular weight excluding hydrogens is 150 g/mol. The van der Waals surface area contributed by atoms with Crippen LogP contribution >= 0.6 is 0 Å². The predicted octanol–water partition coefficient (Wildman–Crippen LogP) is 1.48. The Morgan fingerprint density at radius 3 is 2.42 bits per heavy atom. The van der Waals surface area contributed by atoms with Crippen LogP contribution in [0.3, 0.4) is 0 Å². The Morgan fingerprint density at radius 1 is 1.08 bits per heavy atom. The molecule has 2 fully saturated rings. The zero-order valence-electron chi connectivity index (χ0n) is 7.46. The Hall–Kier alpha value is -0.370. The van der Waals surface area contributed by atoms with E-state index in [0.717, 1.165) is 38.5 Å². The van der Waals surface area contributed by atoms with Crippen LogP contribution in [0.15, 0.2) is 0 Å². The van der Waals surface area contributed by atoms with Crippen LogP contribution in [0.25, 0.3) is 0 Å². The number of ketones is 1. The highest BCUT2D eigenvalue weighted by Crippen LogP contribution is 2.36. The highest BCUT2D eigenvalue weighted by molar-refractivity contribution is 5.85. The molecule has 12 heavy (non-hydrogen) atoms. The third-order valence-corrected chi connectivity index (χ3v) is 3.10. The van der Waals surface area contributed by atoms with Crippen molar-refractivity contribution < 1.29 is 4.79 Å². The molecule has 0 saturated heterocycles. The lowest BCUT2D eigenvalue weighted by Gasteiger charge is -2.25. The molecule has 2 saturated carbocycles. The van der Waals surface area contributed by atoms with Crippen molar-refractivity contribution in [1.82, 2.24) is 0 Å². The predicted molar refractivity (Wildman–Crippen MR) is 47.7 cm³/mol. The summed E-state index contributed by atoms with van der Waals surface area (Å²) in [5.41, 5.74) is 5.83. The largest absolute Gasteiger partial charge is 0.328 e. The first-order valence-electron chi connectivity index (χ1n) is 5.06. The summed E-state index contributed by atoms with van der Waals surface area (Å²) in [6.45, 7) is 0. The van der Waals surface area contributed by atoms with Gasteiger partial charge in [-0.2, -0.15) is 0 Å². The SMILES string of the molecule is NC1CCCC(C(=O)C2CC2)C1. The zero-order chi connectivity index (χ0) is 8.55. The minimum atomic E-state index is 0.298. The van der Waals surface area contributed by atoms with Gasteiger partial charge in [-0.25, -0.2) is 0 Å². The van der Waals surface area contributed by atoms with Gasteiger partial charge in [0.15, 0.2) is 0 Å². The maximum Gasteiger partial charge on any atom is 0.139 e. The smallest absolute Gasteiger partial charge is 0.139 e. The molecule has 0 amide bonds. The first kappa shape index (κ1) is 8.24. The molecule has 2 N–H and O–H groups in total. The fourth-order valence-corrected chi connectivity index (χ4v) is 2.19. The fraction of sp³-hybridized carbons (Fsp3) is 0.900. The monoisotopic (exact) mass is 167 g/mol. The fourth-order valence-electron chi connectivity index (χ4n) is 2.19. The van der Waals surface area contributed by atoms with Crippen molar-refractivity contribution in [2.75, 3.05) is 0 Å². The topological polar surface area (TPSA) is 43.1 Å². The molecule has 0 heterocycles. The molecule has 0 aromatic carbocycles. The quantitative estimate of drug-likeness (QED) is 0.677. The number of Topliss-reactive ketones (excluding diaryl/α,β-unsaturated/α-hetero) is 1. The van der Waals surface area contributed by atoms with E-state index in [1.54, 1.807) is 0 Å². The van der Waals surface area contributed by atoms with Crippen molar-refractivity contribution >= 4 is 5.78 Å². The number of rotatable bonds is 2. The van der Waals surface area contributed by atoms with Gasteiger partial charge in [-0.3, -0.25) is 4.79 Å². The van der Waals surface area contributed by atoms with E-state index >= 15 is 0 Å². The number of hydrogen-bond donors (Lipinski definition) is 1. The Balaban J connectivity index is 1.89. The van der Waals surface area contributed by atoms with Crippen LogP contribution in [0.4, 0.5) is 0 Å². The van der Waals surface area contributed by atoms with Crippen molar-refractivity contribution in [1.29, 1.82) is 0 Å². The molecule has 2 aliphatic carbocycles. The van der Waals surface area contributed by atoms with Crippen molar-refractivity contribution in [3.63, 3.8) is 0 Å². The van der Waals surface area contributed by atoms with Gasteiger partial charge in [0.25, 0.3) is 0 Å². The van der Waals surface area contributed by atoms with Crippen LogP contribution in [0.5, 0.6) is 0 Å². The Bertz CT molecular complexity index is 186. The second kappa shape index (κ2) is 3.17. The third kappa shape index (κ3) is 1.69. The van der Waals surface area contributed by atoms with Gasteiger partial charge in [-0.05, 0) is 32.1 Å². The summed E-state index contributed by atoms with van der Waals surface area (Å²) in [6, 6.07) is 0.298. The van der Waals surface area contributed by atoms with Crippen molar-refractivity contribution in [3.05, 3.63) is 0 Å². The average Bonchev–Trinajstić information content (AvgIpc) is 2.85. The van der Waals surface area contributed by atoms with E-state index in [-0.39, 0.29) is 0 Å². The maximum atomic E-state index is 11.7. The summed E-state index contributed by atoms with van der Waals surface area (Å²) in [6.07, 6.45) is 6.62. The van der Waals surface area contributed by atoms with E-state index in [2.05, 4.69) is 0 Å². The molecule has 68 valence electrons. The summed E-state index contributed by atoms with van der Waals surface area (Å²) >= 11 is 0. The Labute approximate surface area is 73.5 Å². The molecule has 2 heteroatoms. The molecule has 2 nitrogen and oxygen atoms in total. The molecule has 2 unspecified atom stereocenters. The van der Waals surface area contributed by atoms with E-state index in [0.29, 0.717) is 23.7 Å². The molecule has 0 aromatic rings. The highest BCUT2D eigenvalue weighted by Gasteiger charge is 2.36. The van der Waals surface area contributed by atoms with Crippen LogP contribution in [0.1, 0.15) is 38.5 Å². The molecule has 2 aliphatic rings. The molecule has 0 radical (unpaired) electrons. The van der Waals surface area contributed by atoms with Crippen molar-refractivity contribution in [2.45, 2.75) is 44.6 Å². The normalized spacial score (nSPS) is 36.4. The summed E-state index contributed by atoms with van der Waals surface area (Å²) in [7, 11) is 0. The second-order valence-electron chi connectivity index (χ2n) is 4.30. The lowest BCUT2D eigenvalue weighted by molar-refractivity contribution is -0.125. The summed E-state index contributed by atoms with van der Waals surface area (Å²) in [5.74, 6) is 1.27.